The van der Waals surface area contributed by atoms with Gasteiger partial charge < -0.3 is 20.5 Å². The van der Waals surface area contributed by atoms with Crippen LogP contribution in [0, 0.1) is 17.1 Å². The number of nitrogens with zero attached hydrogens (tertiary/aromatic N) is 5. The standard InChI is InChI=1S/C21H20F5N7O2/c1-20(34,21(24,25)26)18-15(35-2)6-16-29-9-14(33(16)32-18)17-12(23)5-10(7-27)19(31-17)30-13-8-28-4-3-11(13)22/h5-6,9,11,13,28,34H,3-4,8H2,1-2H3,(H,30,31)/t11-,13-,20-/m1/s1. The van der Waals surface area contributed by atoms with Crippen molar-refractivity contribution in [3.05, 3.63) is 35.4 Å². The van der Waals surface area contributed by atoms with Crippen LogP contribution in [0.2, 0.25) is 0 Å². The van der Waals surface area contributed by atoms with E-state index in [-0.39, 0.29) is 41.4 Å². The Morgan fingerprint density at radius 2 is 2.09 bits per heavy atom. The normalized spacial score (nSPS) is 20.3. The zero-order valence-electron chi connectivity index (χ0n) is 18.5. The number of aliphatic hydroxyl groups is 1. The molecule has 14 heteroatoms. The minimum atomic E-state index is -5.10. The first-order valence-electron chi connectivity index (χ1n) is 10.4. The predicted octanol–water partition coefficient (Wildman–Crippen LogP) is 2.69. The number of nitrogens with one attached hydrogen (secondary N) is 2. The average Bonchev–Trinajstić information content (AvgIpc) is 3.22. The number of anilines is 1. The lowest BCUT2D eigenvalue weighted by atomic mass is 10.0. The summed E-state index contributed by atoms with van der Waals surface area (Å²) in [4.78, 5) is 8.15. The maximum Gasteiger partial charge on any atom is 0.422 e. The Hall–Kier alpha value is -3.57. The van der Waals surface area contributed by atoms with E-state index in [0.717, 1.165) is 30.0 Å². The van der Waals surface area contributed by atoms with Crippen molar-refractivity contribution >= 4 is 11.5 Å². The van der Waals surface area contributed by atoms with Crippen LogP contribution in [-0.2, 0) is 5.60 Å². The fourth-order valence-electron chi connectivity index (χ4n) is 3.69. The number of alkyl halides is 4. The first-order valence-corrected chi connectivity index (χ1v) is 10.4. The van der Waals surface area contributed by atoms with Crippen molar-refractivity contribution in [1.29, 1.82) is 5.26 Å². The molecule has 0 aromatic carbocycles. The van der Waals surface area contributed by atoms with Gasteiger partial charge >= 0.3 is 6.18 Å². The molecular weight excluding hydrogens is 477 g/mol. The number of ether oxygens (including phenoxy) is 1. The first kappa shape index (κ1) is 24.6. The van der Waals surface area contributed by atoms with Gasteiger partial charge in [0, 0.05) is 12.6 Å². The van der Waals surface area contributed by atoms with Crippen molar-refractivity contribution in [3.8, 4) is 23.2 Å². The molecule has 3 N–H and O–H groups in total. The number of rotatable bonds is 5. The van der Waals surface area contributed by atoms with Crippen LogP contribution >= 0.6 is 0 Å². The summed E-state index contributed by atoms with van der Waals surface area (Å²) in [5.41, 5.74) is -5.03. The lowest BCUT2D eigenvalue weighted by Crippen LogP contribution is -2.46. The highest BCUT2D eigenvalue weighted by atomic mass is 19.4. The lowest BCUT2D eigenvalue weighted by Gasteiger charge is -2.28. The van der Waals surface area contributed by atoms with Gasteiger partial charge in [-0.05, 0) is 26.0 Å². The van der Waals surface area contributed by atoms with E-state index in [0.29, 0.717) is 13.5 Å². The van der Waals surface area contributed by atoms with Crippen LogP contribution in [0.4, 0.5) is 27.8 Å². The number of methoxy groups -OCH3 is 1. The summed E-state index contributed by atoms with van der Waals surface area (Å²) in [6.07, 6.45) is -4.99. The first-order chi connectivity index (χ1) is 16.5. The molecule has 0 spiro atoms. The Morgan fingerprint density at radius 1 is 1.34 bits per heavy atom. The molecule has 0 aliphatic carbocycles. The van der Waals surface area contributed by atoms with Crippen molar-refractivity contribution in [2.75, 3.05) is 25.5 Å². The van der Waals surface area contributed by atoms with E-state index in [4.69, 9.17) is 4.74 Å². The van der Waals surface area contributed by atoms with Crippen molar-refractivity contribution in [2.24, 2.45) is 0 Å². The van der Waals surface area contributed by atoms with Gasteiger partial charge in [-0.2, -0.15) is 23.5 Å². The molecule has 3 aromatic heterocycles. The van der Waals surface area contributed by atoms with Crippen molar-refractivity contribution in [1.82, 2.24) is 24.9 Å². The number of halogens is 5. The summed E-state index contributed by atoms with van der Waals surface area (Å²) < 4.78 is 75.7. The Labute approximate surface area is 195 Å². The Balaban J connectivity index is 1.86. The highest BCUT2D eigenvalue weighted by Crippen LogP contribution is 2.41. The van der Waals surface area contributed by atoms with Gasteiger partial charge in [0.15, 0.2) is 11.5 Å². The molecule has 3 aromatic rings. The third kappa shape index (κ3) is 4.32. The molecule has 1 fully saturated rings. The molecule has 0 amide bonds. The van der Waals surface area contributed by atoms with Crippen LogP contribution in [0.15, 0.2) is 18.3 Å². The van der Waals surface area contributed by atoms with Gasteiger partial charge in [0.1, 0.15) is 40.9 Å². The molecule has 1 aliphatic rings. The fraction of sp³-hybridized carbons (Fsp3) is 0.429. The number of aromatic nitrogens is 4. The minimum Gasteiger partial charge on any atom is -0.495 e. The third-order valence-electron chi connectivity index (χ3n) is 5.75. The second-order valence-electron chi connectivity index (χ2n) is 8.13. The summed E-state index contributed by atoms with van der Waals surface area (Å²) in [5.74, 6) is -1.47. The zero-order valence-corrected chi connectivity index (χ0v) is 18.5. The van der Waals surface area contributed by atoms with Gasteiger partial charge in [-0.3, -0.25) is 0 Å². The van der Waals surface area contributed by atoms with E-state index in [1.54, 1.807) is 6.07 Å². The minimum absolute atomic E-state index is 0.0149. The predicted molar refractivity (Wildman–Crippen MR) is 113 cm³/mol. The van der Waals surface area contributed by atoms with Crippen molar-refractivity contribution in [2.45, 2.75) is 37.3 Å². The van der Waals surface area contributed by atoms with Crippen molar-refractivity contribution < 1.29 is 31.8 Å². The number of hydrogen-bond donors (Lipinski definition) is 3. The number of nitriles is 1. The quantitative estimate of drug-likeness (QED) is 0.461. The highest BCUT2D eigenvalue weighted by molar-refractivity contribution is 5.66. The van der Waals surface area contributed by atoms with E-state index in [1.807, 2.05) is 0 Å². The largest absolute Gasteiger partial charge is 0.495 e. The zero-order chi connectivity index (χ0) is 25.5. The molecule has 0 radical (unpaired) electrons. The number of fused-ring (bicyclic) bond motifs is 1. The highest BCUT2D eigenvalue weighted by Gasteiger charge is 2.54. The summed E-state index contributed by atoms with van der Waals surface area (Å²) >= 11 is 0. The summed E-state index contributed by atoms with van der Waals surface area (Å²) in [6, 6.07) is 3.04. The molecule has 0 bridgehead atoms. The molecular formula is C21H20F5N7O2. The molecule has 186 valence electrons. The van der Waals surface area contributed by atoms with Crippen LogP contribution in [0.25, 0.3) is 17.0 Å². The van der Waals surface area contributed by atoms with E-state index in [1.165, 1.54) is 0 Å². The van der Waals surface area contributed by atoms with Gasteiger partial charge in [-0.25, -0.2) is 23.3 Å². The molecule has 35 heavy (non-hydrogen) atoms. The smallest absolute Gasteiger partial charge is 0.422 e. The second-order valence-corrected chi connectivity index (χ2v) is 8.13. The Kier molecular flexibility index (Phi) is 6.24. The lowest BCUT2D eigenvalue weighted by molar-refractivity contribution is -0.261. The maximum absolute atomic E-state index is 15.0. The molecule has 3 atom stereocenters. The van der Waals surface area contributed by atoms with Gasteiger partial charge in [0.05, 0.1) is 24.9 Å². The van der Waals surface area contributed by atoms with E-state index < -0.39 is 41.2 Å². The van der Waals surface area contributed by atoms with Crippen LogP contribution in [-0.4, -0.2) is 63.3 Å². The van der Waals surface area contributed by atoms with Gasteiger partial charge in [0.25, 0.3) is 0 Å². The van der Waals surface area contributed by atoms with E-state index in [2.05, 4.69) is 25.7 Å². The molecule has 1 aliphatic heterocycles. The molecule has 1 saturated heterocycles. The average molecular weight is 497 g/mol. The van der Waals surface area contributed by atoms with Gasteiger partial charge in [-0.1, -0.05) is 0 Å². The number of pyridine rings is 1. The molecule has 0 saturated carbocycles. The summed E-state index contributed by atoms with van der Waals surface area (Å²) in [6.45, 7) is 1.23. The number of piperidine rings is 1. The topological polar surface area (TPSA) is 120 Å². The van der Waals surface area contributed by atoms with Gasteiger partial charge in [0.2, 0.25) is 5.60 Å². The van der Waals surface area contributed by atoms with Crippen LogP contribution in [0.3, 0.4) is 0 Å². The maximum atomic E-state index is 15.0. The van der Waals surface area contributed by atoms with Crippen LogP contribution in [0.1, 0.15) is 24.6 Å². The second kappa shape index (κ2) is 8.90. The van der Waals surface area contributed by atoms with E-state index in [9.17, 15) is 32.3 Å². The molecule has 0 unspecified atom stereocenters. The van der Waals surface area contributed by atoms with Gasteiger partial charge in [-0.15, -0.1) is 0 Å². The van der Waals surface area contributed by atoms with Crippen molar-refractivity contribution in [3.63, 3.8) is 0 Å². The third-order valence-corrected chi connectivity index (χ3v) is 5.75. The number of hydrogen-bond acceptors (Lipinski definition) is 8. The molecule has 9 nitrogen and oxygen atoms in total. The molecule has 4 heterocycles. The SMILES string of the molecule is COc1cc2ncc(-c3nc(N[C@@H]4CNCC[C@H]4F)c(C#N)cc3F)n2nc1[C@@](C)(O)C(F)(F)F. The van der Waals surface area contributed by atoms with E-state index >= 15 is 0 Å². The summed E-state index contributed by atoms with van der Waals surface area (Å²) in [7, 11) is 1.10. The fourth-order valence-corrected chi connectivity index (χ4v) is 3.69. The Morgan fingerprint density at radius 3 is 2.71 bits per heavy atom. The van der Waals surface area contributed by atoms with Crippen LogP contribution < -0.4 is 15.4 Å². The monoisotopic (exact) mass is 497 g/mol. The summed E-state index contributed by atoms with van der Waals surface area (Å²) in [5, 5.41) is 29.3. The van der Waals surface area contributed by atoms with Crippen LogP contribution in [0.5, 0.6) is 5.75 Å². The molecule has 4 rings (SSSR count). The number of imidazole rings is 1. The Bertz CT molecular complexity index is 1300.